The summed E-state index contributed by atoms with van der Waals surface area (Å²) >= 11 is 0. The van der Waals surface area contributed by atoms with E-state index in [1.165, 1.54) is 0 Å². The molecule has 0 unspecified atom stereocenters. The van der Waals surface area contributed by atoms with Crippen LogP contribution in [0.1, 0.15) is 11.1 Å². The second-order valence-corrected chi connectivity index (χ2v) is 2.46. The van der Waals surface area contributed by atoms with Gasteiger partial charge in [0.1, 0.15) is 0 Å². The van der Waals surface area contributed by atoms with E-state index < -0.39 is 0 Å². The summed E-state index contributed by atoms with van der Waals surface area (Å²) in [7, 11) is 0. The van der Waals surface area contributed by atoms with Crippen LogP contribution in [-0.2, 0) is 6.54 Å². The van der Waals surface area contributed by atoms with Crippen molar-refractivity contribution in [3.8, 4) is 6.07 Å². The summed E-state index contributed by atoms with van der Waals surface area (Å²) in [5, 5.41) is 8.58. The lowest BCUT2D eigenvalue weighted by Crippen LogP contribution is -2.10. The van der Waals surface area contributed by atoms with Crippen LogP contribution in [0.15, 0.2) is 18.2 Å². The number of nitrogens with one attached hydrogen (secondary N) is 2. The molecule has 0 fully saturated rings. The van der Waals surface area contributed by atoms with Crippen molar-refractivity contribution >= 4 is 5.69 Å². The molecule has 0 atom stereocenters. The van der Waals surface area contributed by atoms with Gasteiger partial charge in [0.25, 0.3) is 0 Å². The van der Waals surface area contributed by atoms with E-state index in [4.69, 9.17) is 5.26 Å². The largest absolute Gasteiger partial charge is 0.321 e. The number of hydrazine groups is 1. The van der Waals surface area contributed by atoms with Gasteiger partial charge in [-0.15, -0.1) is 0 Å². The number of nitrogens with zero attached hydrogens (tertiary/aromatic N) is 1. The molecule has 1 aromatic carbocycles. The number of hydrogen-bond donors (Lipinski definition) is 2. The van der Waals surface area contributed by atoms with E-state index in [1.807, 2.05) is 12.1 Å². The third-order valence-corrected chi connectivity index (χ3v) is 1.74. The highest BCUT2D eigenvalue weighted by molar-refractivity contribution is 5.56. The average Bonchev–Trinajstić information content (AvgIpc) is 2.50. The van der Waals surface area contributed by atoms with Gasteiger partial charge in [-0.05, 0) is 23.8 Å². The van der Waals surface area contributed by atoms with E-state index in [1.54, 1.807) is 6.07 Å². The summed E-state index contributed by atoms with van der Waals surface area (Å²) in [4.78, 5) is 0. The van der Waals surface area contributed by atoms with Gasteiger partial charge in [-0.25, -0.2) is 5.43 Å². The molecule has 3 heteroatoms. The lowest BCUT2D eigenvalue weighted by atomic mass is 10.1. The third-order valence-electron chi connectivity index (χ3n) is 1.74. The Morgan fingerprint density at radius 3 is 3.18 bits per heavy atom. The van der Waals surface area contributed by atoms with Crippen LogP contribution in [0.4, 0.5) is 5.69 Å². The van der Waals surface area contributed by atoms with Crippen molar-refractivity contribution in [3.63, 3.8) is 0 Å². The van der Waals surface area contributed by atoms with Crippen LogP contribution in [0.3, 0.4) is 0 Å². The Morgan fingerprint density at radius 1 is 1.45 bits per heavy atom. The first-order chi connectivity index (χ1) is 5.40. The Hall–Kier alpha value is -1.53. The number of anilines is 1. The normalized spacial score (nSPS) is 13.4. The second-order valence-electron chi connectivity index (χ2n) is 2.46. The first-order valence-corrected chi connectivity index (χ1v) is 3.42. The van der Waals surface area contributed by atoms with Gasteiger partial charge in [-0.3, -0.25) is 0 Å². The van der Waals surface area contributed by atoms with Crippen molar-refractivity contribution in [1.82, 2.24) is 5.43 Å². The van der Waals surface area contributed by atoms with Gasteiger partial charge >= 0.3 is 0 Å². The standard InChI is InChI=1S/C8H7N3/c9-4-6-1-2-8-7(3-6)5-10-11-8/h1-3,10-11H,5H2. The molecule has 0 radical (unpaired) electrons. The van der Waals surface area contributed by atoms with E-state index in [-0.39, 0.29) is 0 Å². The SMILES string of the molecule is N#Cc1ccc2c(c1)CNN2. The molecule has 2 N–H and O–H groups in total. The van der Waals surface area contributed by atoms with Crippen LogP contribution in [0, 0.1) is 11.3 Å². The van der Waals surface area contributed by atoms with E-state index in [2.05, 4.69) is 16.9 Å². The Kier molecular flexibility index (Phi) is 1.27. The minimum absolute atomic E-state index is 0.717. The molecule has 0 saturated carbocycles. The maximum Gasteiger partial charge on any atom is 0.0991 e. The first-order valence-electron chi connectivity index (χ1n) is 3.42. The molecule has 1 aliphatic heterocycles. The highest BCUT2D eigenvalue weighted by atomic mass is 15.4. The molecular formula is C8H7N3. The van der Waals surface area contributed by atoms with Crippen LogP contribution in [0.5, 0.6) is 0 Å². The topological polar surface area (TPSA) is 47.9 Å². The Balaban J connectivity index is 2.51. The molecule has 1 aliphatic rings. The van der Waals surface area contributed by atoms with Gasteiger partial charge in [0, 0.05) is 6.54 Å². The molecule has 3 nitrogen and oxygen atoms in total. The van der Waals surface area contributed by atoms with Crippen LogP contribution in [0.25, 0.3) is 0 Å². The highest BCUT2D eigenvalue weighted by Gasteiger charge is 2.08. The van der Waals surface area contributed by atoms with Crippen LogP contribution in [0.2, 0.25) is 0 Å². The smallest absolute Gasteiger partial charge is 0.0991 e. The van der Waals surface area contributed by atoms with E-state index in [0.29, 0.717) is 5.56 Å². The highest BCUT2D eigenvalue weighted by Crippen LogP contribution is 2.19. The van der Waals surface area contributed by atoms with Gasteiger partial charge in [0.05, 0.1) is 17.3 Å². The van der Waals surface area contributed by atoms with Crippen molar-refractivity contribution in [2.75, 3.05) is 5.43 Å². The molecule has 0 saturated heterocycles. The van der Waals surface area contributed by atoms with E-state index in [0.717, 1.165) is 17.8 Å². The van der Waals surface area contributed by atoms with Gasteiger partial charge in [0.15, 0.2) is 0 Å². The first kappa shape index (κ1) is 6.20. The zero-order valence-corrected chi connectivity index (χ0v) is 5.89. The predicted molar refractivity (Wildman–Crippen MR) is 41.6 cm³/mol. The molecule has 0 aliphatic carbocycles. The molecule has 1 heterocycles. The summed E-state index contributed by atoms with van der Waals surface area (Å²) in [6.07, 6.45) is 0. The maximum absolute atomic E-state index is 8.58. The van der Waals surface area contributed by atoms with Gasteiger partial charge in [-0.2, -0.15) is 5.26 Å². The van der Waals surface area contributed by atoms with Crippen molar-refractivity contribution < 1.29 is 0 Å². The molecule has 0 amide bonds. The summed E-state index contributed by atoms with van der Waals surface area (Å²) in [6.45, 7) is 0.796. The zero-order chi connectivity index (χ0) is 7.68. The van der Waals surface area contributed by atoms with Crippen molar-refractivity contribution in [2.24, 2.45) is 0 Å². The minimum atomic E-state index is 0.717. The van der Waals surface area contributed by atoms with Crippen LogP contribution >= 0.6 is 0 Å². The van der Waals surface area contributed by atoms with Gasteiger partial charge in [0.2, 0.25) is 0 Å². The van der Waals surface area contributed by atoms with Crippen LogP contribution < -0.4 is 10.9 Å². The van der Waals surface area contributed by atoms with Crippen molar-refractivity contribution in [3.05, 3.63) is 29.3 Å². The maximum atomic E-state index is 8.58. The average molecular weight is 145 g/mol. The fourth-order valence-corrected chi connectivity index (χ4v) is 1.17. The Morgan fingerprint density at radius 2 is 2.36 bits per heavy atom. The minimum Gasteiger partial charge on any atom is -0.321 e. The summed E-state index contributed by atoms with van der Waals surface area (Å²) in [5.74, 6) is 0. The van der Waals surface area contributed by atoms with Gasteiger partial charge < -0.3 is 5.43 Å². The van der Waals surface area contributed by atoms with Crippen LogP contribution in [-0.4, -0.2) is 0 Å². The fraction of sp³-hybridized carbons (Fsp3) is 0.125. The van der Waals surface area contributed by atoms with Crippen molar-refractivity contribution in [1.29, 1.82) is 5.26 Å². The molecule has 0 aromatic heterocycles. The molecule has 54 valence electrons. The lowest BCUT2D eigenvalue weighted by molar-refractivity contribution is 0.860. The molecular weight excluding hydrogens is 138 g/mol. The predicted octanol–water partition coefficient (Wildman–Crippen LogP) is 0.988. The number of benzene rings is 1. The number of fused-ring (bicyclic) bond motifs is 1. The summed E-state index contributed by atoms with van der Waals surface area (Å²) in [5.41, 5.74) is 8.92. The number of nitriles is 1. The van der Waals surface area contributed by atoms with E-state index in [9.17, 15) is 0 Å². The fourth-order valence-electron chi connectivity index (χ4n) is 1.17. The molecule has 0 bridgehead atoms. The van der Waals surface area contributed by atoms with Crippen molar-refractivity contribution in [2.45, 2.75) is 6.54 Å². The third kappa shape index (κ3) is 0.935. The van der Waals surface area contributed by atoms with Gasteiger partial charge in [-0.1, -0.05) is 0 Å². The summed E-state index contributed by atoms with van der Waals surface area (Å²) in [6, 6.07) is 7.71. The number of rotatable bonds is 0. The summed E-state index contributed by atoms with van der Waals surface area (Å²) < 4.78 is 0. The Labute approximate surface area is 64.6 Å². The quantitative estimate of drug-likeness (QED) is 0.572. The lowest BCUT2D eigenvalue weighted by Gasteiger charge is -1.96. The zero-order valence-electron chi connectivity index (χ0n) is 5.89. The second kappa shape index (κ2) is 2.26. The molecule has 1 aromatic rings. The molecule has 0 spiro atoms. The van der Waals surface area contributed by atoms with E-state index >= 15 is 0 Å². The number of hydrogen-bond acceptors (Lipinski definition) is 3. The monoisotopic (exact) mass is 145 g/mol. The Bertz CT molecular complexity index is 325. The molecule has 11 heavy (non-hydrogen) atoms. The molecule has 2 rings (SSSR count).